The molecule has 0 radical (unpaired) electrons. The lowest BCUT2D eigenvalue weighted by Gasteiger charge is -2.26. The topological polar surface area (TPSA) is 75.7 Å². The minimum Gasteiger partial charge on any atom is -0.494 e. The molecule has 3 aromatic carbocycles. The first-order chi connectivity index (χ1) is 16.8. The van der Waals surface area contributed by atoms with Gasteiger partial charge in [0.25, 0.3) is 11.8 Å². The summed E-state index contributed by atoms with van der Waals surface area (Å²) in [5, 5.41) is 2.24. The number of amides is 4. The summed E-state index contributed by atoms with van der Waals surface area (Å²) in [6, 6.07) is 16.0. The molecule has 4 amide bonds. The van der Waals surface area contributed by atoms with Gasteiger partial charge in [0.1, 0.15) is 17.1 Å². The molecule has 0 unspecified atom stereocenters. The predicted octanol–water partition coefficient (Wildman–Crippen LogP) is 5.39. The van der Waals surface area contributed by atoms with E-state index in [0.29, 0.717) is 30.0 Å². The fraction of sp³-hybridized carbons (Fsp3) is 0.148. The van der Waals surface area contributed by atoms with Gasteiger partial charge < -0.3 is 4.74 Å². The summed E-state index contributed by atoms with van der Waals surface area (Å²) in [7, 11) is 0. The van der Waals surface area contributed by atoms with Gasteiger partial charge in [0.05, 0.1) is 12.3 Å². The number of carbonyl (C=O) groups excluding carboxylic acids is 3. The Labute approximate surface area is 215 Å². The van der Waals surface area contributed by atoms with Gasteiger partial charge in [-0.1, -0.05) is 29.8 Å². The van der Waals surface area contributed by atoms with Crippen LogP contribution in [-0.2, 0) is 16.0 Å². The Kier molecular flexibility index (Phi) is 7.30. The normalized spacial score (nSPS) is 14.9. The lowest BCUT2D eigenvalue weighted by atomic mass is 10.0. The van der Waals surface area contributed by atoms with Crippen molar-refractivity contribution in [3.05, 3.63) is 97.9 Å². The van der Waals surface area contributed by atoms with Gasteiger partial charge in [0, 0.05) is 15.6 Å². The standard InChI is InChI=1S/C27H22FIN2O4/c1-3-35-24-15-18(14-23(29)21(24)12-17-5-4-6-19(28)11-17)13-22-25(32)30-27(34)31(26(22)33)20-9-7-16(2)8-10-20/h4-11,13-15H,3,12H2,1-2H3,(H,30,32,34)/b22-13+. The Bertz CT molecular complexity index is 1350. The molecule has 0 bridgehead atoms. The average Bonchev–Trinajstić information content (AvgIpc) is 2.80. The molecular formula is C27H22FIN2O4. The van der Waals surface area contributed by atoms with Crippen LogP contribution in [0.5, 0.6) is 5.75 Å². The summed E-state index contributed by atoms with van der Waals surface area (Å²) in [6.07, 6.45) is 1.90. The van der Waals surface area contributed by atoms with Gasteiger partial charge in [-0.05, 0) is 90.0 Å². The van der Waals surface area contributed by atoms with Gasteiger partial charge in [-0.25, -0.2) is 14.1 Å². The third-order valence-corrected chi connectivity index (χ3v) is 6.41. The number of nitrogens with one attached hydrogen (secondary N) is 1. The molecule has 1 aliphatic heterocycles. The van der Waals surface area contributed by atoms with Gasteiger partial charge in [-0.15, -0.1) is 0 Å². The van der Waals surface area contributed by atoms with Crippen LogP contribution in [0.2, 0.25) is 0 Å². The zero-order valence-corrected chi connectivity index (χ0v) is 21.3. The number of rotatable bonds is 6. The quantitative estimate of drug-likeness (QED) is 0.240. The van der Waals surface area contributed by atoms with Crippen LogP contribution in [0.15, 0.2) is 66.2 Å². The zero-order valence-electron chi connectivity index (χ0n) is 19.1. The van der Waals surface area contributed by atoms with Crippen molar-refractivity contribution in [2.24, 2.45) is 0 Å². The van der Waals surface area contributed by atoms with Crippen LogP contribution in [0, 0.1) is 16.3 Å². The molecule has 178 valence electrons. The minimum atomic E-state index is -0.795. The molecule has 8 heteroatoms. The maximum absolute atomic E-state index is 13.7. The van der Waals surface area contributed by atoms with Gasteiger partial charge >= 0.3 is 6.03 Å². The van der Waals surface area contributed by atoms with E-state index in [4.69, 9.17) is 4.74 Å². The molecule has 0 atom stereocenters. The van der Waals surface area contributed by atoms with Crippen molar-refractivity contribution >= 4 is 52.2 Å². The zero-order chi connectivity index (χ0) is 25.1. The second-order valence-corrected chi connectivity index (χ2v) is 9.17. The van der Waals surface area contributed by atoms with Crippen LogP contribution < -0.4 is 15.0 Å². The Morgan fingerprint density at radius 1 is 1.06 bits per heavy atom. The van der Waals surface area contributed by atoms with E-state index in [2.05, 4.69) is 27.9 Å². The molecule has 0 spiro atoms. The number of halogens is 2. The number of imide groups is 2. The van der Waals surface area contributed by atoms with E-state index >= 15 is 0 Å². The van der Waals surface area contributed by atoms with Crippen molar-refractivity contribution in [2.75, 3.05) is 11.5 Å². The van der Waals surface area contributed by atoms with Crippen molar-refractivity contribution in [3.63, 3.8) is 0 Å². The van der Waals surface area contributed by atoms with E-state index < -0.39 is 17.8 Å². The number of barbiturate groups is 1. The number of ether oxygens (including phenoxy) is 1. The van der Waals surface area contributed by atoms with Crippen LogP contribution in [0.3, 0.4) is 0 Å². The number of anilines is 1. The molecule has 0 aromatic heterocycles. The fourth-order valence-corrected chi connectivity index (χ4v) is 4.59. The summed E-state index contributed by atoms with van der Waals surface area (Å²) in [5.74, 6) is -1.21. The lowest BCUT2D eigenvalue weighted by Crippen LogP contribution is -2.54. The first kappa shape index (κ1) is 24.6. The van der Waals surface area contributed by atoms with Gasteiger partial charge in [0.2, 0.25) is 0 Å². The van der Waals surface area contributed by atoms with E-state index in [9.17, 15) is 18.8 Å². The maximum Gasteiger partial charge on any atom is 0.335 e. The monoisotopic (exact) mass is 584 g/mol. The summed E-state index contributed by atoms with van der Waals surface area (Å²) < 4.78 is 20.4. The summed E-state index contributed by atoms with van der Waals surface area (Å²) in [4.78, 5) is 39.1. The molecule has 0 aliphatic carbocycles. The molecule has 1 N–H and O–H groups in total. The summed E-state index contributed by atoms with van der Waals surface area (Å²) in [5.41, 5.74) is 3.41. The van der Waals surface area contributed by atoms with Crippen molar-refractivity contribution in [2.45, 2.75) is 20.3 Å². The largest absolute Gasteiger partial charge is 0.494 e. The second-order valence-electron chi connectivity index (χ2n) is 8.01. The average molecular weight is 584 g/mol. The van der Waals surface area contributed by atoms with Gasteiger partial charge in [-0.3, -0.25) is 14.9 Å². The third kappa shape index (κ3) is 5.43. The van der Waals surface area contributed by atoms with Crippen LogP contribution >= 0.6 is 22.6 Å². The number of carbonyl (C=O) groups is 3. The minimum absolute atomic E-state index is 0.165. The summed E-state index contributed by atoms with van der Waals surface area (Å²) in [6.45, 7) is 4.15. The number of hydrogen-bond acceptors (Lipinski definition) is 4. The van der Waals surface area contributed by atoms with E-state index in [-0.39, 0.29) is 11.4 Å². The van der Waals surface area contributed by atoms with Crippen molar-refractivity contribution in [1.82, 2.24) is 5.32 Å². The number of hydrogen-bond donors (Lipinski definition) is 1. The third-order valence-electron chi connectivity index (χ3n) is 5.45. The van der Waals surface area contributed by atoms with Crippen LogP contribution in [0.25, 0.3) is 6.08 Å². The molecule has 4 rings (SSSR count). The summed E-state index contributed by atoms with van der Waals surface area (Å²) >= 11 is 2.16. The first-order valence-electron chi connectivity index (χ1n) is 10.9. The number of urea groups is 1. The highest BCUT2D eigenvalue weighted by molar-refractivity contribution is 14.1. The molecule has 6 nitrogen and oxygen atoms in total. The molecule has 35 heavy (non-hydrogen) atoms. The molecular weight excluding hydrogens is 562 g/mol. The highest BCUT2D eigenvalue weighted by atomic mass is 127. The Morgan fingerprint density at radius 3 is 2.49 bits per heavy atom. The van der Waals surface area contributed by atoms with Gasteiger partial charge in [0.15, 0.2) is 0 Å². The Morgan fingerprint density at radius 2 is 1.80 bits per heavy atom. The molecule has 1 saturated heterocycles. The number of benzene rings is 3. The smallest absolute Gasteiger partial charge is 0.335 e. The van der Waals surface area contributed by atoms with E-state index in [0.717, 1.165) is 25.2 Å². The lowest BCUT2D eigenvalue weighted by molar-refractivity contribution is -0.122. The second kappa shape index (κ2) is 10.4. The SMILES string of the molecule is CCOc1cc(/C=C2\C(=O)NC(=O)N(c3ccc(C)cc3)C2=O)cc(I)c1Cc1cccc(F)c1. The van der Waals surface area contributed by atoms with E-state index in [1.54, 1.807) is 36.4 Å². The molecule has 1 fully saturated rings. The van der Waals surface area contributed by atoms with Crippen LogP contribution in [0.4, 0.5) is 14.9 Å². The highest BCUT2D eigenvalue weighted by Gasteiger charge is 2.36. The number of aryl methyl sites for hydroxylation is 1. The highest BCUT2D eigenvalue weighted by Crippen LogP contribution is 2.31. The maximum atomic E-state index is 13.7. The van der Waals surface area contributed by atoms with Gasteiger partial charge in [-0.2, -0.15) is 0 Å². The van der Waals surface area contributed by atoms with Crippen LogP contribution in [-0.4, -0.2) is 24.5 Å². The van der Waals surface area contributed by atoms with Crippen molar-refractivity contribution in [3.8, 4) is 5.75 Å². The number of nitrogens with zero attached hydrogens (tertiary/aromatic N) is 1. The molecule has 0 saturated carbocycles. The Balaban J connectivity index is 1.71. The molecule has 1 heterocycles. The van der Waals surface area contributed by atoms with Crippen LogP contribution in [0.1, 0.15) is 29.2 Å². The fourth-order valence-electron chi connectivity index (χ4n) is 3.77. The molecule has 3 aromatic rings. The molecule has 1 aliphatic rings. The van der Waals surface area contributed by atoms with E-state index in [1.165, 1.54) is 18.2 Å². The Hall–Kier alpha value is -3.53. The van der Waals surface area contributed by atoms with E-state index in [1.807, 2.05) is 26.0 Å². The predicted molar refractivity (Wildman–Crippen MR) is 140 cm³/mol. The first-order valence-corrected chi connectivity index (χ1v) is 12.0. The van der Waals surface area contributed by atoms with Crippen molar-refractivity contribution in [1.29, 1.82) is 0 Å². The van der Waals surface area contributed by atoms with Crippen molar-refractivity contribution < 1.29 is 23.5 Å².